The van der Waals surface area contributed by atoms with Crippen LogP contribution in [0.5, 0.6) is 0 Å². The lowest BCUT2D eigenvalue weighted by Crippen LogP contribution is -2.31. The van der Waals surface area contributed by atoms with Crippen molar-refractivity contribution in [3.05, 3.63) is 51.3 Å². The van der Waals surface area contributed by atoms with E-state index in [1.54, 1.807) is 0 Å². The first kappa shape index (κ1) is 12.8. The van der Waals surface area contributed by atoms with Gasteiger partial charge in [-0.25, -0.2) is 4.79 Å². The van der Waals surface area contributed by atoms with Crippen molar-refractivity contribution < 1.29 is 4.42 Å². The predicted octanol–water partition coefficient (Wildman–Crippen LogP) is 3.35. The fourth-order valence-electron chi connectivity index (χ4n) is 2.41. The van der Waals surface area contributed by atoms with Gasteiger partial charge < -0.3 is 4.42 Å². The minimum absolute atomic E-state index is 0.105. The third kappa shape index (κ3) is 2.42. The molecule has 0 atom stereocenters. The van der Waals surface area contributed by atoms with Gasteiger partial charge in [0.15, 0.2) is 0 Å². The average Bonchev–Trinajstić information content (AvgIpc) is 2.72. The third-order valence-corrected chi connectivity index (χ3v) is 4.01. The molecule has 1 aliphatic carbocycles. The van der Waals surface area contributed by atoms with Crippen LogP contribution in [0.1, 0.15) is 36.3 Å². The van der Waals surface area contributed by atoms with E-state index in [9.17, 15) is 4.79 Å². The van der Waals surface area contributed by atoms with Crippen LogP contribution in [-0.4, -0.2) is 9.78 Å². The van der Waals surface area contributed by atoms with E-state index in [0.717, 1.165) is 17.9 Å². The molecule has 0 unspecified atom stereocenters. The summed E-state index contributed by atoms with van der Waals surface area (Å²) >= 11 is 11.5. The first-order valence-corrected chi connectivity index (χ1v) is 6.98. The van der Waals surface area contributed by atoms with Crippen LogP contribution in [0.15, 0.2) is 33.5 Å². The highest BCUT2D eigenvalue weighted by Gasteiger charge is 2.34. The van der Waals surface area contributed by atoms with Gasteiger partial charge in [0.2, 0.25) is 5.89 Å². The van der Waals surface area contributed by atoms with Crippen LogP contribution in [0.25, 0.3) is 0 Å². The van der Waals surface area contributed by atoms with Gasteiger partial charge in [-0.05, 0) is 36.5 Å². The second kappa shape index (κ2) is 5.02. The number of benzene rings is 1. The summed E-state index contributed by atoms with van der Waals surface area (Å²) in [5.74, 6) is 0.428. The number of halogens is 2. The molecule has 1 aromatic heterocycles. The summed E-state index contributed by atoms with van der Waals surface area (Å²) < 4.78 is 6.33. The molecular weight excluding hydrogens is 287 g/mol. The second-order valence-corrected chi connectivity index (χ2v) is 5.42. The highest BCUT2D eigenvalue weighted by atomic mass is 35.5. The Labute approximate surface area is 119 Å². The number of aromatic nitrogens is 2. The number of nitrogens with zero attached hydrogens (tertiary/aromatic N) is 2. The molecular formula is C13H12Cl2N2O2. The second-order valence-electron chi connectivity index (χ2n) is 4.71. The van der Waals surface area contributed by atoms with Crippen LogP contribution in [0.3, 0.4) is 0 Å². The van der Waals surface area contributed by atoms with Crippen molar-refractivity contribution in [3.8, 4) is 0 Å². The first-order chi connectivity index (χ1) is 9.17. The van der Waals surface area contributed by atoms with Crippen LogP contribution < -0.4 is 5.76 Å². The van der Waals surface area contributed by atoms with E-state index in [2.05, 4.69) is 5.10 Å². The molecule has 0 radical (unpaired) electrons. The SMILES string of the molecule is O=c1oc(CCl)nn1[C@H]1C[C@H](c2ccc(Cl)cc2)C1. The van der Waals surface area contributed by atoms with Gasteiger partial charge in [0.05, 0.1) is 6.04 Å². The largest absolute Gasteiger partial charge is 0.437 e. The molecule has 1 heterocycles. The zero-order valence-electron chi connectivity index (χ0n) is 10.1. The van der Waals surface area contributed by atoms with Crippen molar-refractivity contribution in [2.75, 3.05) is 0 Å². The Morgan fingerprint density at radius 2 is 2.00 bits per heavy atom. The first-order valence-electron chi connectivity index (χ1n) is 6.07. The maximum absolute atomic E-state index is 11.6. The van der Waals surface area contributed by atoms with Crippen molar-refractivity contribution in [1.29, 1.82) is 0 Å². The molecule has 1 aromatic carbocycles. The van der Waals surface area contributed by atoms with E-state index in [-0.39, 0.29) is 17.8 Å². The van der Waals surface area contributed by atoms with Crippen LogP contribution in [-0.2, 0) is 5.88 Å². The molecule has 0 bridgehead atoms. The maximum Gasteiger partial charge on any atom is 0.437 e. The molecule has 1 saturated carbocycles. The minimum atomic E-state index is -0.421. The molecule has 1 fully saturated rings. The van der Waals surface area contributed by atoms with Crippen molar-refractivity contribution in [1.82, 2.24) is 9.78 Å². The topological polar surface area (TPSA) is 48.0 Å². The normalized spacial score (nSPS) is 22.2. The Bertz CT molecular complexity index is 627. The molecule has 0 saturated heterocycles. The van der Waals surface area contributed by atoms with E-state index in [1.165, 1.54) is 10.2 Å². The standard InChI is InChI=1S/C13H12Cl2N2O2/c14-7-12-16-17(13(18)19-12)11-5-9(6-11)8-1-3-10(15)4-2-8/h1-4,9,11H,5-7H2/t9-,11-. The summed E-state index contributed by atoms with van der Waals surface area (Å²) in [6, 6.07) is 7.93. The Morgan fingerprint density at radius 1 is 1.32 bits per heavy atom. The zero-order chi connectivity index (χ0) is 13.4. The quantitative estimate of drug-likeness (QED) is 0.817. The van der Waals surface area contributed by atoms with Gasteiger partial charge >= 0.3 is 5.76 Å². The van der Waals surface area contributed by atoms with Crippen LogP contribution in [0.4, 0.5) is 0 Å². The van der Waals surface area contributed by atoms with E-state index < -0.39 is 5.76 Å². The van der Waals surface area contributed by atoms with E-state index in [1.807, 2.05) is 24.3 Å². The fraction of sp³-hybridized carbons (Fsp3) is 0.385. The van der Waals surface area contributed by atoms with E-state index in [4.69, 9.17) is 27.6 Å². The summed E-state index contributed by atoms with van der Waals surface area (Å²) in [5.41, 5.74) is 1.25. The van der Waals surface area contributed by atoms with Crippen molar-refractivity contribution in [3.63, 3.8) is 0 Å². The molecule has 2 aromatic rings. The third-order valence-electron chi connectivity index (χ3n) is 3.53. The average molecular weight is 299 g/mol. The van der Waals surface area contributed by atoms with Crippen molar-refractivity contribution >= 4 is 23.2 Å². The Balaban J connectivity index is 1.71. The van der Waals surface area contributed by atoms with E-state index >= 15 is 0 Å². The lowest BCUT2D eigenvalue weighted by Gasteiger charge is -2.34. The van der Waals surface area contributed by atoms with Gasteiger partial charge in [-0.3, -0.25) is 0 Å². The monoisotopic (exact) mass is 298 g/mol. The highest BCUT2D eigenvalue weighted by Crippen LogP contribution is 2.43. The van der Waals surface area contributed by atoms with Crippen LogP contribution in [0, 0.1) is 0 Å². The number of alkyl halides is 1. The Kier molecular flexibility index (Phi) is 3.37. The molecule has 1 aliphatic rings. The number of rotatable bonds is 3. The fourth-order valence-corrected chi connectivity index (χ4v) is 2.64. The van der Waals surface area contributed by atoms with Gasteiger partial charge in [-0.2, -0.15) is 4.68 Å². The predicted molar refractivity (Wildman–Crippen MR) is 72.8 cm³/mol. The van der Waals surface area contributed by atoms with Gasteiger partial charge in [0.25, 0.3) is 0 Å². The van der Waals surface area contributed by atoms with Gasteiger partial charge in [0.1, 0.15) is 5.88 Å². The van der Waals surface area contributed by atoms with Crippen LogP contribution in [0.2, 0.25) is 5.02 Å². The lowest BCUT2D eigenvalue weighted by molar-refractivity contribution is 0.233. The molecule has 19 heavy (non-hydrogen) atoms. The lowest BCUT2D eigenvalue weighted by atomic mass is 9.76. The van der Waals surface area contributed by atoms with Gasteiger partial charge in [-0.15, -0.1) is 16.7 Å². The summed E-state index contributed by atoms with van der Waals surface area (Å²) in [6.45, 7) is 0. The number of hydrogen-bond donors (Lipinski definition) is 0. The zero-order valence-corrected chi connectivity index (χ0v) is 11.6. The summed E-state index contributed by atoms with van der Waals surface area (Å²) in [4.78, 5) is 11.6. The van der Waals surface area contributed by atoms with E-state index in [0.29, 0.717) is 5.92 Å². The highest BCUT2D eigenvalue weighted by molar-refractivity contribution is 6.30. The molecule has 0 amide bonds. The smallest absolute Gasteiger partial charge is 0.391 e. The van der Waals surface area contributed by atoms with Gasteiger partial charge in [0, 0.05) is 5.02 Å². The Morgan fingerprint density at radius 3 is 2.58 bits per heavy atom. The minimum Gasteiger partial charge on any atom is -0.391 e. The maximum atomic E-state index is 11.6. The molecule has 0 aliphatic heterocycles. The molecule has 4 nitrogen and oxygen atoms in total. The van der Waals surface area contributed by atoms with Gasteiger partial charge in [-0.1, -0.05) is 23.7 Å². The molecule has 3 rings (SSSR count). The summed E-state index contributed by atoms with van der Waals surface area (Å²) in [6.07, 6.45) is 1.77. The van der Waals surface area contributed by atoms with Crippen molar-refractivity contribution in [2.45, 2.75) is 30.7 Å². The Hall–Kier alpha value is -1.26. The van der Waals surface area contributed by atoms with Crippen molar-refractivity contribution in [2.24, 2.45) is 0 Å². The molecule has 0 spiro atoms. The molecule has 6 heteroatoms. The molecule has 0 N–H and O–H groups in total. The number of hydrogen-bond acceptors (Lipinski definition) is 3. The molecule has 100 valence electrons. The summed E-state index contributed by atoms with van der Waals surface area (Å²) in [7, 11) is 0. The summed E-state index contributed by atoms with van der Waals surface area (Å²) in [5, 5.41) is 4.81. The van der Waals surface area contributed by atoms with Crippen LogP contribution >= 0.6 is 23.2 Å².